The monoisotopic (exact) mass is 311 g/mol. The smallest absolute Gasteiger partial charge is 0.247 e. The van der Waals surface area contributed by atoms with E-state index in [0.29, 0.717) is 17.7 Å². The molecule has 1 aromatic heterocycles. The minimum atomic E-state index is -0.600. The highest BCUT2D eigenvalue weighted by molar-refractivity contribution is 6.06. The highest BCUT2D eigenvalue weighted by Crippen LogP contribution is 2.32. The molecule has 0 radical (unpaired) electrons. The van der Waals surface area contributed by atoms with Crippen LogP contribution in [-0.4, -0.2) is 27.9 Å². The molecule has 118 valence electrons. The molecule has 1 aromatic carbocycles. The van der Waals surface area contributed by atoms with Crippen LogP contribution in [0.4, 0.5) is 11.4 Å². The number of aliphatic hydroxyl groups is 1. The van der Waals surface area contributed by atoms with Gasteiger partial charge in [0.25, 0.3) is 0 Å². The maximum atomic E-state index is 12.7. The van der Waals surface area contributed by atoms with Crippen molar-refractivity contribution in [1.29, 1.82) is 0 Å². The first-order chi connectivity index (χ1) is 11.1. The van der Waals surface area contributed by atoms with Gasteiger partial charge in [0.2, 0.25) is 11.8 Å². The summed E-state index contributed by atoms with van der Waals surface area (Å²) in [6, 6.07) is 8.54. The predicted octanol–water partition coefficient (Wildman–Crippen LogP) is 1.49. The highest BCUT2D eigenvalue weighted by Gasteiger charge is 2.36. The number of nitrogens with zero attached hydrogens (tertiary/aromatic N) is 2. The number of hydrogen-bond donors (Lipinski definition) is 2. The first-order valence-electron chi connectivity index (χ1n) is 7.34. The van der Waals surface area contributed by atoms with Gasteiger partial charge >= 0.3 is 0 Å². The van der Waals surface area contributed by atoms with Crippen LogP contribution in [0.15, 0.2) is 42.7 Å². The van der Waals surface area contributed by atoms with Gasteiger partial charge in [-0.05, 0) is 17.7 Å². The first kappa shape index (κ1) is 15.2. The van der Waals surface area contributed by atoms with Crippen molar-refractivity contribution < 1.29 is 14.7 Å². The van der Waals surface area contributed by atoms with Crippen molar-refractivity contribution in [3.8, 4) is 0 Å². The Kier molecular flexibility index (Phi) is 4.08. The fourth-order valence-corrected chi connectivity index (χ4v) is 2.87. The quantitative estimate of drug-likeness (QED) is 0.899. The number of hydrogen-bond acceptors (Lipinski definition) is 4. The lowest BCUT2D eigenvalue weighted by molar-refractivity contribution is -0.122. The van der Waals surface area contributed by atoms with Crippen LogP contribution < -0.4 is 10.2 Å². The third-order valence-electron chi connectivity index (χ3n) is 3.96. The molecule has 0 aliphatic carbocycles. The van der Waals surface area contributed by atoms with Gasteiger partial charge in [0, 0.05) is 30.8 Å². The van der Waals surface area contributed by atoms with Crippen molar-refractivity contribution in [3.05, 3.63) is 53.9 Å². The zero-order valence-corrected chi connectivity index (χ0v) is 12.7. The van der Waals surface area contributed by atoms with E-state index in [1.165, 1.54) is 18.0 Å². The fourth-order valence-electron chi connectivity index (χ4n) is 2.87. The summed E-state index contributed by atoms with van der Waals surface area (Å²) in [5.41, 5.74) is 2.78. The van der Waals surface area contributed by atoms with Gasteiger partial charge in [-0.15, -0.1) is 0 Å². The van der Waals surface area contributed by atoms with E-state index >= 15 is 0 Å². The maximum Gasteiger partial charge on any atom is 0.247 e. The van der Waals surface area contributed by atoms with Crippen molar-refractivity contribution >= 4 is 23.2 Å². The molecule has 2 N–H and O–H groups in total. The summed E-state index contributed by atoms with van der Waals surface area (Å²) >= 11 is 0. The van der Waals surface area contributed by atoms with Gasteiger partial charge in [0.1, 0.15) is 6.04 Å². The first-order valence-corrected chi connectivity index (χ1v) is 7.34. The number of benzene rings is 1. The Morgan fingerprint density at radius 2 is 2.13 bits per heavy atom. The van der Waals surface area contributed by atoms with Crippen LogP contribution in [-0.2, 0) is 22.6 Å². The molecule has 1 aliphatic heterocycles. The topological polar surface area (TPSA) is 82.5 Å². The van der Waals surface area contributed by atoms with Crippen LogP contribution in [0.25, 0.3) is 0 Å². The molecule has 0 saturated heterocycles. The Hall–Kier alpha value is -2.73. The summed E-state index contributed by atoms with van der Waals surface area (Å²) in [5, 5.41) is 12.1. The van der Waals surface area contributed by atoms with Gasteiger partial charge in [0.05, 0.1) is 18.5 Å². The van der Waals surface area contributed by atoms with Crippen molar-refractivity contribution in [3.63, 3.8) is 0 Å². The number of nitrogens with one attached hydrogen (secondary N) is 1. The number of pyridine rings is 1. The second-order valence-electron chi connectivity index (χ2n) is 5.42. The van der Waals surface area contributed by atoms with E-state index in [1.54, 1.807) is 12.3 Å². The number of carbonyl (C=O) groups is 2. The number of anilines is 2. The summed E-state index contributed by atoms with van der Waals surface area (Å²) in [6.07, 6.45) is 3.51. The lowest BCUT2D eigenvalue weighted by atomic mass is 10.1. The second-order valence-corrected chi connectivity index (χ2v) is 5.42. The molecule has 0 fully saturated rings. The Labute approximate surface area is 133 Å². The maximum absolute atomic E-state index is 12.7. The number of aliphatic hydroxyl groups excluding tert-OH is 1. The number of rotatable bonds is 3. The average molecular weight is 311 g/mol. The van der Waals surface area contributed by atoms with Crippen molar-refractivity contribution in [2.45, 2.75) is 26.0 Å². The predicted molar refractivity (Wildman–Crippen MR) is 85.9 cm³/mol. The molecule has 6 nitrogen and oxygen atoms in total. The van der Waals surface area contributed by atoms with E-state index in [-0.39, 0.29) is 18.4 Å². The largest absolute Gasteiger partial charge is 0.392 e. The molecule has 2 heterocycles. The molecule has 2 amide bonds. The van der Waals surface area contributed by atoms with Gasteiger partial charge in [-0.1, -0.05) is 18.2 Å². The molecule has 1 aliphatic rings. The number of amides is 2. The van der Waals surface area contributed by atoms with Crippen molar-refractivity contribution in [2.24, 2.45) is 0 Å². The highest BCUT2D eigenvalue weighted by atomic mass is 16.3. The Morgan fingerprint density at radius 1 is 1.35 bits per heavy atom. The molecule has 0 unspecified atom stereocenters. The van der Waals surface area contributed by atoms with Crippen molar-refractivity contribution in [2.75, 3.05) is 10.2 Å². The standard InChI is InChI=1S/C17H17N3O3/c1-11(22)20-15-5-3-2-4-12(15)8-16(20)17(23)19-14-9-18-7-6-13(14)10-21/h2-7,9,16,21H,8,10H2,1H3,(H,19,23)/t16-/m0/s1. The molecular formula is C17H17N3O3. The zero-order chi connectivity index (χ0) is 16.4. The van der Waals surface area contributed by atoms with Crippen LogP contribution in [0.1, 0.15) is 18.1 Å². The van der Waals surface area contributed by atoms with E-state index < -0.39 is 6.04 Å². The number of aromatic nitrogens is 1. The average Bonchev–Trinajstić information content (AvgIpc) is 2.95. The lowest BCUT2D eigenvalue weighted by Crippen LogP contribution is -2.44. The molecule has 23 heavy (non-hydrogen) atoms. The fraction of sp³-hybridized carbons (Fsp3) is 0.235. The number of fused-ring (bicyclic) bond motifs is 1. The molecule has 0 saturated carbocycles. The Bertz CT molecular complexity index is 760. The van der Waals surface area contributed by atoms with Crippen LogP contribution in [0.3, 0.4) is 0 Å². The molecule has 0 bridgehead atoms. The van der Waals surface area contributed by atoms with E-state index in [4.69, 9.17) is 0 Å². The van der Waals surface area contributed by atoms with Crippen LogP contribution in [0, 0.1) is 0 Å². The zero-order valence-electron chi connectivity index (χ0n) is 12.7. The summed E-state index contributed by atoms with van der Waals surface area (Å²) in [5.74, 6) is -0.470. The molecule has 3 rings (SSSR count). The van der Waals surface area contributed by atoms with E-state index in [9.17, 15) is 14.7 Å². The summed E-state index contributed by atoms with van der Waals surface area (Å²) in [7, 11) is 0. The molecule has 6 heteroatoms. The number of carbonyl (C=O) groups excluding carboxylic acids is 2. The van der Waals surface area contributed by atoms with Gasteiger partial charge in [-0.25, -0.2) is 0 Å². The van der Waals surface area contributed by atoms with Gasteiger partial charge < -0.3 is 10.4 Å². The minimum absolute atomic E-state index is 0.177. The molecular weight excluding hydrogens is 294 g/mol. The molecule has 0 spiro atoms. The van der Waals surface area contributed by atoms with Crippen LogP contribution in [0.2, 0.25) is 0 Å². The van der Waals surface area contributed by atoms with Gasteiger partial charge in [-0.3, -0.25) is 19.5 Å². The summed E-state index contributed by atoms with van der Waals surface area (Å²) in [6.45, 7) is 1.26. The Morgan fingerprint density at radius 3 is 2.87 bits per heavy atom. The molecule has 2 aromatic rings. The third-order valence-corrected chi connectivity index (χ3v) is 3.96. The summed E-state index contributed by atoms with van der Waals surface area (Å²) < 4.78 is 0. The number of para-hydroxylation sites is 1. The summed E-state index contributed by atoms with van der Waals surface area (Å²) in [4.78, 5) is 30.1. The van der Waals surface area contributed by atoms with Crippen molar-refractivity contribution in [1.82, 2.24) is 4.98 Å². The van der Waals surface area contributed by atoms with Gasteiger partial charge in [0.15, 0.2) is 0 Å². The Balaban J connectivity index is 1.87. The SMILES string of the molecule is CC(=O)N1c2ccccc2C[C@H]1C(=O)Nc1cnccc1CO. The third kappa shape index (κ3) is 2.80. The van der Waals surface area contributed by atoms with E-state index in [2.05, 4.69) is 10.3 Å². The lowest BCUT2D eigenvalue weighted by Gasteiger charge is -2.23. The molecule has 1 atom stereocenters. The van der Waals surface area contributed by atoms with E-state index in [1.807, 2.05) is 24.3 Å². The normalized spacial score (nSPS) is 16.1. The minimum Gasteiger partial charge on any atom is -0.392 e. The van der Waals surface area contributed by atoms with Gasteiger partial charge in [-0.2, -0.15) is 0 Å². The van der Waals surface area contributed by atoms with Crippen LogP contribution in [0.5, 0.6) is 0 Å². The van der Waals surface area contributed by atoms with Crippen LogP contribution >= 0.6 is 0 Å². The van der Waals surface area contributed by atoms with E-state index in [0.717, 1.165) is 11.3 Å². The second kappa shape index (κ2) is 6.18.